The van der Waals surface area contributed by atoms with Crippen LogP contribution in [0.4, 0.5) is 0 Å². The summed E-state index contributed by atoms with van der Waals surface area (Å²) < 4.78 is 4.79. The minimum absolute atomic E-state index is 0.190. The predicted molar refractivity (Wildman–Crippen MR) is 48.9 cm³/mol. The molecule has 0 heterocycles. The van der Waals surface area contributed by atoms with Crippen LogP contribution in [0.5, 0.6) is 0 Å². The molecule has 0 aromatic rings. The first-order chi connectivity index (χ1) is 5.22. The van der Waals surface area contributed by atoms with E-state index in [0.29, 0.717) is 6.61 Å². The number of carbonyl (C=O) groups excluding carboxylic acids is 1. The highest BCUT2D eigenvalue weighted by Crippen LogP contribution is 2.08. The van der Waals surface area contributed by atoms with Crippen molar-refractivity contribution in [3.05, 3.63) is 0 Å². The van der Waals surface area contributed by atoms with E-state index in [2.05, 4.69) is 19.6 Å². The number of hydrogen-bond acceptors (Lipinski definition) is 3. The normalized spacial score (nSPS) is 12.6. The van der Waals surface area contributed by atoms with Crippen molar-refractivity contribution in [3.8, 4) is 0 Å². The summed E-state index contributed by atoms with van der Waals surface area (Å²) in [5, 5.41) is -0.227. The lowest BCUT2D eigenvalue weighted by molar-refractivity contribution is -0.142. The van der Waals surface area contributed by atoms with Gasteiger partial charge in [0.15, 0.2) is 0 Å². The van der Waals surface area contributed by atoms with Gasteiger partial charge in [0, 0.05) is 0 Å². The molecule has 0 aliphatic heterocycles. The average Bonchev–Trinajstić information content (AvgIpc) is 2.00. The Kier molecular flexibility index (Phi) is 6.42. The van der Waals surface area contributed by atoms with Crippen LogP contribution in [-0.4, -0.2) is 17.8 Å². The monoisotopic (exact) mass is 176 g/mol. The highest BCUT2D eigenvalue weighted by molar-refractivity contribution is 7.81. The lowest BCUT2D eigenvalue weighted by atomic mass is 10.2. The van der Waals surface area contributed by atoms with Gasteiger partial charge in [0.2, 0.25) is 0 Å². The second-order valence-corrected chi connectivity index (χ2v) is 3.03. The van der Waals surface area contributed by atoms with Gasteiger partial charge in [-0.3, -0.25) is 4.79 Å². The van der Waals surface area contributed by atoms with Crippen molar-refractivity contribution in [2.45, 2.75) is 38.4 Å². The van der Waals surface area contributed by atoms with Gasteiger partial charge in [-0.15, -0.1) is 0 Å². The SMILES string of the molecule is CCCCC(S)C(=O)OCC. The molecule has 2 nitrogen and oxygen atoms in total. The summed E-state index contributed by atoms with van der Waals surface area (Å²) in [7, 11) is 0. The molecule has 0 radical (unpaired) electrons. The molecular formula is C8H16O2S. The van der Waals surface area contributed by atoms with E-state index >= 15 is 0 Å². The van der Waals surface area contributed by atoms with E-state index in [0.717, 1.165) is 19.3 Å². The first-order valence-corrected chi connectivity index (χ1v) is 4.58. The molecule has 0 rings (SSSR count). The van der Waals surface area contributed by atoms with Gasteiger partial charge in [0.1, 0.15) is 0 Å². The zero-order valence-electron chi connectivity index (χ0n) is 7.17. The van der Waals surface area contributed by atoms with Crippen LogP contribution < -0.4 is 0 Å². The molecule has 0 saturated carbocycles. The van der Waals surface area contributed by atoms with Crippen LogP contribution in [0.3, 0.4) is 0 Å². The Morgan fingerprint density at radius 2 is 2.18 bits per heavy atom. The lowest BCUT2D eigenvalue weighted by Crippen LogP contribution is -2.17. The van der Waals surface area contributed by atoms with Crippen LogP contribution in [0.2, 0.25) is 0 Å². The third-order valence-electron chi connectivity index (χ3n) is 1.39. The van der Waals surface area contributed by atoms with Gasteiger partial charge in [-0.05, 0) is 13.3 Å². The summed E-state index contributed by atoms with van der Waals surface area (Å²) in [5.74, 6) is -0.190. The smallest absolute Gasteiger partial charge is 0.318 e. The standard InChI is InChI=1S/C8H16O2S/c1-3-5-6-7(11)8(9)10-4-2/h7,11H,3-6H2,1-2H3. The van der Waals surface area contributed by atoms with Crippen molar-refractivity contribution in [1.29, 1.82) is 0 Å². The van der Waals surface area contributed by atoms with Gasteiger partial charge >= 0.3 is 5.97 Å². The largest absolute Gasteiger partial charge is 0.465 e. The van der Waals surface area contributed by atoms with E-state index in [1.807, 2.05) is 0 Å². The minimum atomic E-state index is -0.227. The van der Waals surface area contributed by atoms with Crippen LogP contribution in [0.25, 0.3) is 0 Å². The van der Waals surface area contributed by atoms with Crippen LogP contribution in [0.1, 0.15) is 33.1 Å². The first kappa shape index (κ1) is 10.8. The van der Waals surface area contributed by atoms with Crippen molar-refractivity contribution in [2.24, 2.45) is 0 Å². The number of esters is 1. The molecule has 0 bridgehead atoms. The van der Waals surface area contributed by atoms with Crippen molar-refractivity contribution >= 4 is 18.6 Å². The second kappa shape index (κ2) is 6.53. The predicted octanol–water partition coefficient (Wildman–Crippen LogP) is 2.04. The molecule has 66 valence electrons. The summed E-state index contributed by atoms with van der Waals surface area (Å²) in [6.45, 7) is 4.34. The van der Waals surface area contributed by atoms with Crippen molar-refractivity contribution in [2.75, 3.05) is 6.61 Å². The van der Waals surface area contributed by atoms with Crippen molar-refractivity contribution in [3.63, 3.8) is 0 Å². The van der Waals surface area contributed by atoms with E-state index in [4.69, 9.17) is 4.74 Å². The molecule has 1 unspecified atom stereocenters. The molecule has 0 aromatic heterocycles. The minimum Gasteiger partial charge on any atom is -0.465 e. The molecule has 11 heavy (non-hydrogen) atoms. The lowest BCUT2D eigenvalue weighted by Gasteiger charge is -2.07. The molecular weight excluding hydrogens is 160 g/mol. The maximum absolute atomic E-state index is 11.0. The topological polar surface area (TPSA) is 26.3 Å². The molecule has 0 fully saturated rings. The number of thiol groups is 1. The Morgan fingerprint density at radius 1 is 1.55 bits per heavy atom. The second-order valence-electron chi connectivity index (χ2n) is 2.41. The fraction of sp³-hybridized carbons (Fsp3) is 0.875. The van der Waals surface area contributed by atoms with Gasteiger partial charge in [-0.2, -0.15) is 12.6 Å². The molecule has 3 heteroatoms. The van der Waals surface area contributed by atoms with Crippen LogP contribution in [0.15, 0.2) is 0 Å². The number of ether oxygens (including phenoxy) is 1. The highest BCUT2D eigenvalue weighted by Gasteiger charge is 2.13. The van der Waals surface area contributed by atoms with Gasteiger partial charge in [0.25, 0.3) is 0 Å². The van der Waals surface area contributed by atoms with E-state index in [9.17, 15) is 4.79 Å². The molecule has 0 aliphatic rings. The van der Waals surface area contributed by atoms with Crippen LogP contribution >= 0.6 is 12.6 Å². The number of carbonyl (C=O) groups is 1. The van der Waals surface area contributed by atoms with E-state index < -0.39 is 0 Å². The molecule has 0 N–H and O–H groups in total. The Morgan fingerprint density at radius 3 is 2.64 bits per heavy atom. The summed E-state index contributed by atoms with van der Waals surface area (Å²) in [6, 6.07) is 0. The zero-order valence-corrected chi connectivity index (χ0v) is 8.06. The zero-order chi connectivity index (χ0) is 8.69. The average molecular weight is 176 g/mol. The van der Waals surface area contributed by atoms with E-state index in [1.165, 1.54) is 0 Å². The van der Waals surface area contributed by atoms with Crippen LogP contribution in [-0.2, 0) is 9.53 Å². The maximum atomic E-state index is 11.0. The van der Waals surface area contributed by atoms with Crippen molar-refractivity contribution in [1.82, 2.24) is 0 Å². The number of rotatable bonds is 5. The Hall–Kier alpha value is -0.180. The molecule has 1 atom stereocenters. The maximum Gasteiger partial charge on any atom is 0.318 e. The summed E-state index contributed by atoms with van der Waals surface area (Å²) in [5.41, 5.74) is 0. The van der Waals surface area contributed by atoms with E-state index in [-0.39, 0.29) is 11.2 Å². The quantitative estimate of drug-likeness (QED) is 0.512. The van der Waals surface area contributed by atoms with Crippen molar-refractivity contribution < 1.29 is 9.53 Å². The summed E-state index contributed by atoms with van der Waals surface area (Å²) in [4.78, 5) is 11.0. The van der Waals surface area contributed by atoms with Gasteiger partial charge < -0.3 is 4.74 Å². The highest BCUT2D eigenvalue weighted by atomic mass is 32.1. The summed E-state index contributed by atoms with van der Waals surface area (Å²) in [6.07, 6.45) is 2.95. The molecule has 0 saturated heterocycles. The Balaban J connectivity index is 3.46. The number of unbranched alkanes of at least 4 members (excludes halogenated alkanes) is 1. The van der Waals surface area contributed by atoms with E-state index in [1.54, 1.807) is 6.92 Å². The van der Waals surface area contributed by atoms with Crippen LogP contribution in [0, 0.1) is 0 Å². The Labute approximate surface area is 73.7 Å². The molecule has 0 amide bonds. The van der Waals surface area contributed by atoms with Gasteiger partial charge in [0.05, 0.1) is 11.9 Å². The summed E-state index contributed by atoms with van der Waals surface area (Å²) >= 11 is 4.12. The number of hydrogen-bond donors (Lipinski definition) is 1. The molecule has 0 aromatic carbocycles. The molecule has 0 spiro atoms. The Bertz CT molecular complexity index is 115. The van der Waals surface area contributed by atoms with Gasteiger partial charge in [-0.1, -0.05) is 19.8 Å². The fourth-order valence-corrected chi connectivity index (χ4v) is 1.01. The third kappa shape index (κ3) is 5.13. The van der Waals surface area contributed by atoms with Gasteiger partial charge in [-0.25, -0.2) is 0 Å². The third-order valence-corrected chi connectivity index (χ3v) is 1.86. The molecule has 0 aliphatic carbocycles. The fourth-order valence-electron chi connectivity index (χ4n) is 0.754. The first-order valence-electron chi connectivity index (χ1n) is 4.07.